The Balaban J connectivity index is 1.58. The number of fused-ring (bicyclic) bond motifs is 1. The lowest BCUT2D eigenvalue weighted by Crippen LogP contribution is -2.27. The molecule has 0 aliphatic rings. The number of para-hydroxylation sites is 1. The van der Waals surface area contributed by atoms with Crippen molar-refractivity contribution in [3.63, 3.8) is 0 Å². The van der Waals surface area contributed by atoms with Gasteiger partial charge in [0.05, 0.1) is 13.0 Å². The highest BCUT2D eigenvalue weighted by Gasteiger charge is 2.07. The second-order valence-electron chi connectivity index (χ2n) is 6.34. The van der Waals surface area contributed by atoms with Gasteiger partial charge in [-0.2, -0.15) is 0 Å². The van der Waals surface area contributed by atoms with Crippen LogP contribution in [-0.2, 0) is 11.3 Å². The minimum atomic E-state index is -0.179. The van der Waals surface area contributed by atoms with Crippen LogP contribution in [0.1, 0.15) is 23.1 Å². The van der Waals surface area contributed by atoms with Crippen LogP contribution in [0.3, 0.4) is 0 Å². The quantitative estimate of drug-likeness (QED) is 0.717. The highest BCUT2D eigenvalue weighted by Crippen LogP contribution is 2.17. The van der Waals surface area contributed by atoms with Gasteiger partial charge < -0.3 is 15.0 Å². The Kier molecular flexibility index (Phi) is 5.37. The summed E-state index contributed by atoms with van der Waals surface area (Å²) < 4.78 is 5.51. The molecule has 1 amide bonds. The fraction of sp³-hybridized carbons (Fsp3) is 0.238. The molecule has 2 aromatic carbocycles. The fourth-order valence-corrected chi connectivity index (χ4v) is 2.71. The van der Waals surface area contributed by atoms with Crippen LogP contribution in [0.5, 0.6) is 5.75 Å². The van der Waals surface area contributed by atoms with E-state index in [1.165, 1.54) is 0 Å². The van der Waals surface area contributed by atoms with Crippen LogP contribution >= 0.6 is 0 Å². The Bertz CT molecular complexity index is 978. The molecule has 0 aliphatic heterocycles. The van der Waals surface area contributed by atoms with Crippen molar-refractivity contribution in [2.75, 3.05) is 6.61 Å². The summed E-state index contributed by atoms with van der Waals surface area (Å²) in [6.45, 7) is 4.54. The number of carbonyl (C=O) groups excluding carboxylic acids is 1. The van der Waals surface area contributed by atoms with Gasteiger partial charge in [-0.3, -0.25) is 9.59 Å². The van der Waals surface area contributed by atoms with Gasteiger partial charge in [-0.15, -0.1) is 0 Å². The zero-order chi connectivity index (χ0) is 18.5. The minimum Gasteiger partial charge on any atom is -0.493 e. The number of pyridine rings is 1. The number of aromatic amines is 1. The standard InChI is InChI=1S/C21H22N2O3/c1-14-10-16-12-17(21(25)23-19(16)11-15(14)2)13-22-20(24)8-9-26-18-6-4-3-5-7-18/h3-7,10-12H,8-9,13H2,1-2H3,(H,22,24)(H,23,25). The maximum atomic E-state index is 12.2. The first-order valence-corrected chi connectivity index (χ1v) is 8.60. The van der Waals surface area contributed by atoms with Crippen LogP contribution in [0.15, 0.2) is 53.3 Å². The number of benzene rings is 2. The molecule has 0 atom stereocenters. The average molecular weight is 350 g/mol. The molecule has 3 aromatic rings. The molecule has 1 aromatic heterocycles. The van der Waals surface area contributed by atoms with E-state index in [4.69, 9.17) is 4.74 Å². The van der Waals surface area contributed by atoms with Gasteiger partial charge in [-0.05, 0) is 60.7 Å². The molecule has 0 aliphatic carbocycles. The topological polar surface area (TPSA) is 71.2 Å². The minimum absolute atomic E-state index is 0.152. The second kappa shape index (κ2) is 7.87. The third-order valence-electron chi connectivity index (χ3n) is 4.35. The van der Waals surface area contributed by atoms with Crippen molar-refractivity contribution < 1.29 is 9.53 Å². The van der Waals surface area contributed by atoms with E-state index >= 15 is 0 Å². The van der Waals surface area contributed by atoms with Gasteiger partial charge >= 0.3 is 0 Å². The van der Waals surface area contributed by atoms with Crippen molar-refractivity contribution >= 4 is 16.8 Å². The summed E-state index contributed by atoms with van der Waals surface area (Å²) in [6, 6.07) is 15.2. The van der Waals surface area contributed by atoms with Crippen LogP contribution in [0.25, 0.3) is 10.9 Å². The lowest BCUT2D eigenvalue weighted by molar-refractivity contribution is -0.121. The zero-order valence-corrected chi connectivity index (χ0v) is 15.0. The van der Waals surface area contributed by atoms with Crippen LogP contribution in [-0.4, -0.2) is 17.5 Å². The van der Waals surface area contributed by atoms with Gasteiger partial charge in [0.15, 0.2) is 0 Å². The molecule has 0 bridgehead atoms. The fourth-order valence-electron chi connectivity index (χ4n) is 2.71. The number of hydrogen-bond donors (Lipinski definition) is 2. The van der Waals surface area contributed by atoms with Crippen molar-refractivity contribution in [1.82, 2.24) is 10.3 Å². The number of aryl methyl sites for hydroxylation is 2. The summed E-state index contributed by atoms with van der Waals surface area (Å²) in [4.78, 5) is 27.1. The van der Waals surface area contributed by atoms with E-state index in [1.807, 2.05) is 62.4 Å². The first-order valence-electron chi connectivity index (χ1n) is 8.60. The molecule has 26 heavy (non-hydrogen) atoms. The highest BCUT2D eigenvalue weighted by molar-refractivity contribution is 5.81. The number of H-pyrrole nitrogens is 1. The Morgan fingerprint density at radius 3 is 2.58 bits per heavy atom. The van der Waals surface area contributed by atoms with E-state index in [9.17, 15) is 9.59 Å². The lowest BCUT2D eigenvalue weighted by atomic mass is 10.0. The molecule has 2 N–H and O–H groups in total. The molecule has 5 nitrogen and oxygen atoms in total. The SMILES string of the molecule is Cc1cc2cc(CNC(=O)CCOc3ccccc3)c(=O)[nH]c2cc1C. The van der Waals surface area contributed by atoms with Gasteiger partial charge in [0.1, 0.15) is 5.75 Å². The Labute approximate surface area is 152 Å². The third-order valence-corrected chi connectivity index (χ3v) is 4.35. The summed E-state index contributed by atoms with van der Waals surface area (Å²) in [7, 11) is 0. The first-order chi connectivity index (χ1) is 12.5. The van der Waals surface area contributed by atoms with E-state index in [-0.39, 0.29) is 24.4 Å². The molecule has 0 saturated carbocycles. The molecule has 1 heterocycles. The first kappa shape index (κ1) is 17.7. The lowest BCUT2D eigenvalue weighted by Gasteiger charge is -2.09. The Morgan fingerprint density at radius 2 is 1.81 bits per heavy atom. The molecular formula is C21H22N2O3. The Hall–Kier alpha value is -3.08. The smallest absolute Gasteiger partial charge is 0.253 e. The molecule has 0 saturated heterocycles. The van der Waals surface area contributed by atoms with Crippen LogP contribution in [0.2, 0.25) is 0 Å². The number of amides is 1. The average Bonchev–Trinajstić information content (AvgIpc) is 2.62. The van der Waals surface area contributed by atoms with Crippen molar-refractivity contribution in [3.05, 3.63) is 75.6 Å². The summed E-state index contributed by atoms with van der Waals surface area (Å²) in [6.07, 6.45) is 0.235. The number of aromatic nitrogens is 1. The third kappa shape index (κ3) is 4.30. The van der Waals surface area contributed by atoms with E-state index in [2.05, 4.69) is 10.3 Å². The molecule has 134 valence electrons. The molecule has 0 radical (unpaired) electrons. The van der Waals surface area contributed by atoms with E-state index in [0.29, 0.717) is 12.2 Å². The van der Waals surface area contributed by atoms with Crippen molar-refractivity contribution in [2.45, 2.75) is 26.8 Å². The second-order valence-corrected chi connectivity index (χ2v) is 6.34. The maximum absolute atomic E-state index is 12.2. The summed E-state index contributed by atoms with van der Waals surface area (Å²) in [5, 5.41) is 3.74. The van der Waals surface area contributed by atoms with E-state index in [0.717, 1.165) is 27.8 Å². The van der Waals surface area contributed by atoms with E-state index < -0.39 is 0 Å². The number of rotatable bonds is 6. The Morgan fingerprint density at radius 1 is 1.08 bits per heavy atom. The largest absolute Gasteiger partial charge is 0.493 e. The zero-order valence-electron chi connectivity index (χ0n) is 15.0. The predicted octanol–water partition coefficient (Wildman–Crippen LogP) is 3.23. The summed E-state index contributed by atoms with van der Waals surface area (Å²) in [5.41, 5.74) is 3.47. The van der Waals surface area contributed by atoms with Gasteiger partial charge in [0, 0.05) is 17.6 Å². The number of ether oxygens (including phenoxy) is 1. The predicted molar refractivity (Wildman–Crippen MR) is 102 cm³/mol. The molecule has 0 fully saturated rings. The van der Waals surface area contributed by atoms with Gasteiger partial charge in [0.2, 0.25) is 5.91 Å². The molecule has 0 spiro atoms. The van der Waals surface area contributed by atoms with Crippen LogP contribution < -0.4 is 15.6 Å². The molecule has 5 heteroatoms. The van der Waals surface area contributed by atoms with Crippen LogP contribution in [0.4, 0.5) is 0 Å². The normalized spacial score (nSPS) is 10.7. The van der Waals surface area contributed by atoms with Gasteiger partial charge in [-0.25, -0.2) is 0 Å². The molecule has 3 rings (SSSR count). The molecule has 0 unspecified atom stereocenters. The van der Waals surface area contributed by atoms with Crippen molar-refractivity contribution in [1.29, 1.82) is 0 Å². The van der Waals surface area contributed by atoms with Crippen LogP contribution in [0, 0.1) is 13.8 Å². The number of nitrogens with one attached hydrogen (secondary N) is 2. The highest BCUT2D eigenvalue weighted by atomic mass is 16.5. The summed E-state index contributed by atoms with van der Waals surface area (Å²) in [5.74, 6) is 0.581. The molecular weight excluding hydrogens is 328 g/mol. The number of carbonyl (C=O) groups is 1. The van der Waals surface area contributed by atoms with Gasteiger partial charge in [0.25, 0.3) is 5.56 Å². The summed E-state index contributed by atoms with van der Waals surface area (Å²) >= 11 is 0. The number of hydrogen-bond acceptors (Lipinski definition) is 3. The van der Waals surface area contributed by atoms with Crippen molar-refractivity contribution in [3.8, 4) is 5.75 Å². The van der Waals surface area contributed by atoms with Crippen molar-refractivity contribution in [2.24, 2.45) is 0 Å². The van der Waals surface area contributed by atoms with E-state index in [1.54, 1.807) is 0 Å². The maximum Gasteiger partial charge on any atom is 0.253 e. The monoisotopic (exact) mass is 350 g/mol. The van der Waals surface area contributed by atoms with Gasteiger partial charge in [-0.1, -0.05) is 18.2 Å².